The summed E-state index contributed by atoms with van der Waals surface area (Å²) in [6, 6.07) is 13.4. The van der Waals surface area contributed by atoms with Crippen molar-refractivity contribution in [3.63, 3.8) is 0 Å². The monoisotopic (exact) mass is 372 g/mol. The number of hydrogen-bond acceptors (Lipinski definition) is 2. The Morgan fingerprint density at radius 3 is 2.78 bits per heavy atom. The Morgan fingerprint density at radius 1 is 1.22 bits per heavy atom. The standard InChI is InChI=1S/C18H17BrN2O2/c1-12-4-2-3-5-15(12)20-17(22)11-21-16-8-7-14(19)10-13(16)6-9-18(21)23/h2-5,7-8,10H,6,9,11H2,1H3,(H,20,22). The molecule has 4 nitrogen and oxygen atoms in total. The van der Waals surface area contributed by atoms with Gasteiger partial charge >= 0.3 is 0 Å². The van der Waals surface area contributed by atoms with Crippen LogP contribution in [-0.4, -0.2) is 18.4 Å². The van der Waals surface area contributed by atoms with Crippen LogP contribution in [-0.2, 0) is 16.0 Å². The quantitative estimate of drug-likeness (QED) is 0.893. The fraction of sp³-hybridized carbons (Fsp3) is 0.222. The zero-order chi connectivity index (χ0) is 16.4. The molecule has 2 amide bonds. The molecule has 0 bridgehead atoms. The van der Waals surface area contributed by atoms with Gasteiger partial charge in [0.2, 0.25) is 11.8 Å². The molecule has 2 aromatic rings. The van der Waals surface area contributed by atoms with E-state index in [1.807, 2.05) is 49.4 Å². The normalized spacial score (nSPS) is 13.7. The fourth-order valence-electron chi connectivity index (χ4n) is 2.75. The zero-order valence-corrected chi connectivity index (χ0v) is 14.4. The summed E-state index contributed by atoms with van der Waals surface area (Å²) in [4.78, 5) is 26.1. The number of nitrogens with zero attached hydrogens (tertiary/aromatic N) is 1. The molecule has 5 heteroatoms. The van der Waals surface area contributed by atoms with E-state index in [4.69, 9.17) is 0 Å². The van der Waals surface area contributed by atoms with Crippen molar-refractivity contribution < 1.29 is 9.59 Å². The summed E-state index contributed by atoms with van der Waals surface area (Å²) < 4.78 is 0.981. The second-order valence-electron chi connectivity index (χ2n) is 5.62. The summed E-state index contributed by atoms with van der Waals surface area (Å²) in [7, 11) is 0. The first-order chi connectivity index (χ1) is 11.0. The van der Waals surface area contributed by atoms with Gasteiger partial charge in [-0.1, -0.05) is 34.1 Å². The molecular weight excluding hydrogens is 356 g/mol. The minimum atomic E-state index is -0.191. The topological polar surface area (TPSA) is 49.4 Å². The van der Waals surface area contributed by atoms with Crippen molar-refractivity contribution in [3.8, 4) is 0 Å². The summed E-state index contributed by atoms with van der Waals surface area (Å²) >= 11 is 3.45. The Hall–Kier alpha value is -2.14. The van der Waals surface area contributed by atoms with E-state index in [0.29, 0.717) is 12.8 Å². The first-order valence-electron chi connectivity index (χ1n) is 7.49. The van der Waals surface area contributed by atoms with Crippen molar-refractivity contribution in [2.75, 3.05) is 16.8 Å². The predicted molar refractivity (Wildman–Crippen MR) is 94.6 cm³/mol. The maximum atomic E-state index is 12.3. The molecule has 118 valence electrons. The van der Waals surface area contributed by atoms with E-state index in [1.165, 1.54) is 0 Å². The third kappa shape index (κ3) is 3.45. The number of nitrogens with one attached hydrogen (secondary N) is 1. The highest BCUT2D eigenvalue weighted by Gasteiger charge is 2.26. The number of fused-ring (bicyclic) bond motifs is 1. The van der Waals surface area contributed by atoms with Gasteiger partial charge in [0.05, 0.1) is 0 Å². The molecule has 3 rings (SSSR count). The van der Waals surface area contributed by atoms with Gasteiger partial charge in [0, 0.05) is 22.3 Å². The molecule has 0 spiro atoms. The van der Waals surface area contributed by atoms with Gasteiger partial charge in [-0.05, 0) is 48.7 Å². The van der Waals surface area contributed by atoms with Crippen LogP contribution >= 0.6 is 15.9 Å². The van der Waals surface area contributed by atoms with Gasteiger partial charge in [-0.25, -0.2) is 0 Å². The second kappa shape index (κ2) is 6.54. The molecule has 0 unspecified atom stereocenters. The molecule has 0 aliphatic carbocycles. The molecule has 2 aromatic carbocycles. The van der Waals surface area contributed by atoms with Crippen molar-refractivity contribution in [1.82, 2.24) is 0 Å². The highest BCUT2D eigenvalue weighted by molar-refractivity contribution is 9.10. The molecule has 1 heterocycles. The highest BCUT2D eigenvalue weighted by atomic mass is 79.9. The lowest BCUT2D eigenvalue weighted by atomic mass is 10.0. The summed E-state index contributed by atoms with van der Waals surface area (Å²) in [5, 5.41) is 2.88. The zero-order valence-electron chi connectivity index (χ0n) is 12.8. The van der Waals surface area contributed by atoms with Crippen LogP contribution < -0.4 is 10.2 Å². The highest BCUT2D eigenvalue weighted by Crippen LogP contribution is 2.30. The number of carbonyl (C=O) groups is 2. The minimum Gasteiger partial charge on any atom is -0.324 e. The number of rotatable bonds is 3. The molecular formula is C18H17BrN2O2. The predicted octanol–water partition coefficient (Wildman–Crippen LogP) is 3.68. The molecule has 1 N–H and O–H groups in total. The van der Waals surface area contributed by atoms with E-state index in [0.717, 1.165) is 27.0 Å². The summed E-state index contributed by atoms with van der Waals surface area (Å²) in [6.07, 6.45) is 1.14. The average molecular weight is 373 g/mol. The number of halogens is 1. The van der Waals surface area contributed by atoms with Gasteiger partial charge in [0.1, 0.15) is 6.54 Å². The number of carbonyl (C=O) groups excluding carboxylic acids is 2. The number of aryl methyl sites for hydroxylation is 2. The maximum Gasteiger partial charge on any atom is 0.244 e. The van der Waals surface area contributed by atoms with Crippen LogP contribution in [0.5, 0.6) is 0 Å². The number of anilines is 2. The third-order valence-corrected chi connectivity index (χ3v) is 4.46. The molecule has 0 saturated carbocycles. The average Bonchev–Trinajstić information content (AvgIpc) is 2.52. The second-order valence-corrected chi connectivity index (χ2v) is 6.53. The third-order valence-electron chi connectivity index (χ3n) is 3.96. The van der Waals surface area contributed by atoms with Gasteiger partial charge < -0.3 is 10.2 Å². The summed E-state index contributed by atoms with van der Waals surface area (Å²) in [6.45, 7) is 1.97. The van der Waals surface area contributed by atoms with Crippen LogP contribution in [0.4, 0.5) is 11.4 Å². The largest absolute Gasteiger partial charge is 0.324 e. The lowest BCUT2D eigenvalue weighted by molar-refractivity contribution is -0.121. The van der Waals surface area contributed by atoms with Crippen molar-refractivity contribution in [3.05, 3.63) is 58.1 Å². The molecule has 0 aromatic heterocycles. The SMILES string of the molecule is Cc1ccccc1NC(=O)CN1C(=O)CCc2cc(Br)ccc21. The van der Waals surface area contributed by atoms with Gasteiger partial charge in [0.15, 0.2) is 0 Å². The van der Waals surface area contributed by atoms with Crippen molar-refractivity contribution in [1.29, 1.82) is 0 Å². The van der Waals surface area contributed by atoms with E-state index in [9.17, 15) is 9.59 Å². The first-order valence-corrected chi connectivity index (χ1v) is 8.28. The van der Waals surface area contributed by atoms with E-state index < -0.39 is 0 Å². The first kappa shape index (κ1) is 15.7. The molecule has 0 radical (unpaired) electrons. The van der Waals surface area contributed by atoms with Crippen molar-refractivity contribution in [2.24, 2.45) is 0 Å². The number of hydrogen-bond donors (Lipinski definition) is 1. The summed E-state index contributed by atoms with van der Waals surface area (Å²) in [5.41, 5.74) is 3.68. The minimum absolute atomic E-state index is 0.0141. The molecule has 1 aliphatic heterocycles. The van der Waals surface area contributed by atoms with E-state index in [-0.39, 0.29) is 18.4 Å². The van der Waals surface area contributed by atoms with Gasteiger partial charge in [-0.15, -0.1) is 0 Å². The van der Waals surface area contributed by atoms with Crippen LogP contribution in [0.25, 0.3) is 0 Å². The molecule has 1 aliphatic rings. The molecule has 0 fully saturated rings. The van der Waals surface area contributed by atoms with Crippen LogP contribution in [0.3, 0.4) is 0 Å². The maximum absolute atomic E-state index is 12.3. The van der Waals surface area contributed by atoms with Crippen LogP contribution in [0.15, 0.2) is 46.9 Å². The molecule has 0 saturated heterocycles. The Kier molecular flexibility index (Phi) is 4.48. The Morgan fingerprint density at radius 2 is 2.00 bits per heavy atom. The summed E-state index contributed by atoms with van der Waals surface area (Å²) in [5.74, 6) is -0.205. The molecule has 0 atom stereocenters. The Balaban J connectivity index is 1.78. The lowest BCUT2D eigenvalue weighted by Gasteiger charge is -2.29. The van der Waals surface area contributed by atoms with Crippen LogP contribution in [0, 0.1) is 6.92 Å². The number of amides is 2. The number of benzene rings is 2. The van der Waals surface area contributed by atoms with E-state index in [1.54, 1.807) is 4.90 Å². The van der Waals surface area contributed by atoms with Crippen LogP contribution in [0.1, 0.15) is 17.5 Å². The smallest absolute Gasteiger partial charge is 0.244 e. The van der Waals surface area contributed by atoms with E-state index in [2.05, 4.69) is 21.2 Å². The van der Waals surface area contributed by atoms with Crippen LogP contribution in [0.2, 0.25) is 0 Å². The Bertz CT molecular complexity index is 773. The van der Waals surface area contributed by atoms with Gasteiger partial charge in [-0.2, -0.15) is 0 Å². The number of para-hydroxylation sites is 1. The fourth-order valence-corrected chi connectivity index (χ4v) is 3.16. The van der Waals surface area contributed by atoms with Crippen molar-refractivity contribution >= 4 is 39.1 Å². The van der Waals surface area contributed by atoms with Gasteiger partial charge in [0.25, 0.3) is 0 Å². The lowest BCUT2D eigenvalue weighted by Crippen LogP contribution is -2.40. The van der Waals surface area contributed by atoms with Crippen molar-refractivity contribution in [2.45, 2.75) is 19.8 Å². The van der Waals surface area contributed by atoms with E-state index >= 15 is 0 Å². The van der Waals surface area contributed by atoms with Gasteiger partial charge in [-0.3, -0.25) is 9.59 Å². The molecule has 23 heavy (non-hydrogen) atoms. The Labute approximate surface area is 143 Å².